The summed E-state index contributed by atoms with van der Waals surface area (Å²) in [6, 6.07) is 25.3. The van der Waals surface area contributed by atoms with E-state index < -0.39 is 0 Å². The van der Waals surface area contributed by atoms with E-state index >= 15 is 0 Å². The molecule has 1 heterocycles. The number of oxime groups is 1. The first-order valence-corrected chi connectivity index (χ1v) is 10.7. The molecule has 162 valence electrons. The maximum Gasteiger partial charge on any atom is 0.142 e. The lowest BCUT2D eigenvalue weighted by Crippen LogP contribution is -2.02. The number of benzene rings is 3. The maximum absolute atomic E-state index is 13.5. The van der Waals surface area contributed by atoms with Gasteiger partial charge in [-0.3, -0.25) is 0 Å². The van der Waals surface area contributed by atoms with Crippen molar-refractivity contribution in [2.24, 2.45) is 5.16 Å². The first kappa shape index (κ1) is 21.6. The van der Waals surface area contributed by atoms with Gasteiger partial charge in [-0.1, -0.05) is 52.7 Å². The number of hydrogen-bond acceptors (Lipinski definition) is 2. The zero-order chi connectivity index (χ0) is 22.7. The minimum atomic E-state index is -0.249. The van der Waals surface area contributed by atoms with Gasteiger partial charge in [-0.05, 0) is 81.3 Å². The number of aryl methyl sites for hydroxylation is 2. The van der Waals surface area contributed by atoms with Crippen LogP contribution in [0.5, 0.6) is 0 Å². The fraction of sp³-hybridized carbons (Fsp3) is 0.179. The average Bonchev–Trinajstić information content (AvgIpc) is 3.12. The minimum absolute atomic E-state index is 0.249. The van der Waals surface area contributed by atoms with Crippen molar-refractivity contribution < 1.29 is 9.23 Å². The van der Waals surface area contributed by atoms with Gasteiger partial charge in [0.1, 0.15) is 12.4 Å². The molecule has 4 aromatic rings. The summed E-state index contributed by atoms with van der Waals surface area (Å²) in [6.45, 7) is 8.57. The van der Waals surface area contributed by atoms with Crippen molar-refractivity contribution in [1.29, 1.82) is 0 Å². The first-order valence-electron chi connectivity index (χ1n) is 10.7. The molecule has 3 aromatic carbocycles. The third-order valence-corrected chi connectivity index (χ3v) is 5.58. The van der Waals surface area contributed by atoms with Crippen LogP contribution < -0.4 is 0 Å². The topological polar surface area (TPSA) is 26.5 Å². The van der Waals surface area contributed by atoms with Crippen molar-refractivity contribution >= 4 is 5.71 Å². The van der Waals surface area contributed by atoms with E-state index in [2.05, 4.69) is 73.0 Å². The highest BCUT2D eigenvalue weighted by Gasteiger charge is 2.17. The van der Waals surface area contributed by atoms with Crippen LogP contribution in [-0.2, 0) is 11.4 Å². The molecule has 0 radical (unpaired) electrons. The Morgan fingerprint density at radius 1 is 0.875 bits per heavy atom. The Hall–Kier alpha value is -3.66. The second kappa shape index (κ2) is 9.23. The van der Waals surface area contributed by atoms with Gasteiger partial charge >= 0.3 is 0 Å². The standard InChI is InChI=1S/C28H27FN2O/c1-19-8-14-26(15-9-19)31-22(4)27(17-28(31)24-10-12-25(29)13-11-24)21(3)30-32-18-23-7-5-6-20(2)16-23/h5-17H,18H2,1-4H3. The molecule has 4 rings (SSSR count). The smallest absolute Gasteiger partial charge is 0.142 e. The number of nitrogens with zero attached hydrogens (tertiary/aromatic N) is 2. The monoisotopic (exact) mass is 426 g/mol. The molecule has 1 aromatic heterocycles. The van der Waals surface area contributed by atoms with Crippen molar-refractivity contribution in [1.82, 2.24) is 4.57 Å². The minimum Gasteiger partial charge on any atom is -0.391 e. The first-order chi connectivity index (χ1) is 15.4. The molecule has 0 aliphatic carbocycles. The molecule has 0 aliphatic rings. The van der Waals surface area contributed by atoms with Crippen molar-refractivity contribution in [3.05, 3.63) is 113 Å². The Kier molecular flexibility index (Phi) is 6.22. The van der Waals surface area contributed by atoms with E-state index in [0.717, 1.165) is 39.5 Å². The third-order valence-electron chi connectivity index (χ3n) is 5.58. The van der Waals surface area contributed by atoms with Gasteiger partial charge in [-0.15, -0.1) is 0 Å². The van der Waals surface area contributed by atoms with E-state index in [0.29, 0.717) is 6.61 Å². The molecule has 0 atom stereocenters. The van der Waals surface area contributed by atoms with Crippen molar-refractivity contribution in [2.45, 2.75) is 34.3 Å². The van der Waals surface area contributed by atoms with E-state index in [4.69, 9.17) is 4.84 Å². The van der Waals surface area contributed by atoms with Crippen LogP contribution in [0.15, 0.2) is 84.0 Å². The second-order valence-corrected chi connectivity index (χ2v) is 8.15. The van der Waals surface area contributed by atoms with Gasteiger partial charge in [-0.2, -0.15) is 0 Å². The van der Waals surface area contributed by atoms with Crippen LogP contribution in [0.4, 0.5) is 4.39 Å². The molecule has 0 fully saturated rings. The van der Waals surface area contributed by atoms with Crippen molar-refractivity contribution in [2.75, 3.05) is 0 Å². The summed E-state index contributed by atoms with van der Waals surface area (Å²) in [6.07, 6.45) is 0. The van der Waals surface area contributed by atoms with Gasteiger partial charge in [0, 0.05) is 16.9 Å². The summed E-state index contributed by atoms with van der Waals surface area (Å²) >= 11 is 0. The lowest BCUT2D eigenvalue weighted by molar-refractivity contribution is 0.130. The summed E-state index contributed by atoms with van der Waals surface area (Å²) in [5.41, 5.74) is 9.29. The van der Waals surface area contributed by atoms with E-state index in [1.54, 1.807) is 12.1 Å². The quantitative estimate of drug-likeness (QED) is 0.237. The fourth-order valence-corrected chi connectivity index (χ4v) is 3.89. The fourth-order valence-electron chi connectivity index (χ4n) is 3.89. The molecule has 0 saturated heterocycles. The Labute approximate surface area is 188 Å². The zero-order valence-electron chi connectivity index (χ0n) is 18.9. The van der Waals surface area contributed by atoms with Crippen LogP contribution in [0.1, 0.15) is 34.9 Å². The number of rotatable bonds is 6. The lowest BCUT2D eigenvalue weighted by atomic mass is 10.1. The average molecular weight is 427 g/mol. The summed E-state index contributed by atoms with van der Waals surface area (Å²) in [7, 11) is 0. The van der Waals surface area contributed by atoms with Gasteiger partial charge in [0.2, 0.25) is 0 Å². The zero-order valence-corrected chi connectivity index (χ0v) is 18.9. The van der Waals surface area contributed by atoms with Crippen molar-refractivity contribution in [3.8, 4) is 16.9 Å². The van der Waals surface area contributed by atoms with Crippen LogP contribution in [-0.4, -0.2) is 10.3 Å². The molecule has 0 aliphatic heterocycles. The van der Waals surface area contributed by atoms with Crippen LogP contribution in [0, 0.1) is 26.6 Å². The largest absolute Gasteiger partial charge is 0.391 e. The predicted octanol–water partition coefficient (Wildman–Crippen LogP) is 7.15. The van der Waals surface area contributed by atoms with E-state index in [1.807, 2.05) is 19.1 Å². The van der Waals surface area contributed by atoms with Gasteiger partial charge in [0.25, 0.3) is 0 Å². The Bertz CT molecular complexity index is 1250. The number of hydrogen-bond donors (Lipinski definition) is 0. The molecule has 4 heteroatoms. The third kappa shape index (κ3) is 4.65. The molecule has 0 bridgehead atoms. The van der Waals surface area contributed by atoms with Gasteiger partial charge in [-0.25, -0.2) is 4.39 Å². The van der Waals surface area contributed by atoms with Crippen LogP contribution in [0.25, 0.3) is 16.9 Å². The molecular weight excluding hydrogens is 399 g/mol. The normalized spacial score (nSPS) is 11.6. The number of aromatic nitrogens is 1. The summed E-state index contributed by atoms with van der Waals surface area (Å²) in [5, 5.41) is 4.39. The van der Waals surface area contributed by atoms with E-state index in [9.17, 15) is 4.39 Å². The van der Waals surface area contributed by atoms with E-state index in [-0.39, 0.29) is 5.82 Å². The molecule has 0 spiro atoms. The molecular formula is C28H27FN2O. The Morgan fingerprint density at radius 3 is 2.28 bits per heavy atom. The van der Waals surface area contributed by atoms with Crippen LogP contribution in [0.2, 0.25) is 0 Å². The molecule has 0 N–H and O–H groups in total. The Morgan fingerprint density at radius 2 is 1.59 bits per heavy atom. The SMILES string of the molecule is CC(=NOCc1cccc(C)c1)c1cc(-c2ccc(F)cc2)n(-c2ccc(C)cc2)c1C. The van der Waals surface area contributed by atoms with Crippen molar-refractivity contribution in [3.63, 3.8) is 0 Å². The lowest BCUT2D eigenvalue weighted by Gasteiger charge is -2.13. The Balaban J connectivity index is 1.71. The molecule has 0 amide bonds. The van der Waals surface area contributed by atoms with Crippen LogP contribution in [0.3, 0.4) is 0 Å². The highest BCUT2D eigenvalue weighted by atomic mass is 19.1. The summed E-state index contributed by atoms with van der Waals surface area (Å²) < 4.78 is 15.7. The maximum atomic E-state index is 13.5. The highest BCUT2D eigenvalue weighted by Crippen LogP contribution is 2.30. The van der Waals surface area contributed by atoms with Crippen LogP contribution >= 0.6 is 0 Å². The molecule has 0 unspecified atom stereocenters. The summed E-state index contributed by atoms with van der Waals surface area (Å²) in [4.78, 5) is 5.67. The second-order valence-electron chi connectivity index (χ2n) is 8.15. The highest BCUT2D eigenvalue weighted by molar-refractivity contribution is 6.01. The number of halogens is 1. The van der Waals surface area contributed by atoms with Gasteiger partial charge < -0.3 is 9.40 Å². The van der Waals surface area contributed by atoms with Gasteiger partial charge in [0.05, 0.1) is 11.4 Å². The van der Waals surface area contributed by atoms with Gasteiger partial charge in [0.15, 0.2) is 0 Å². The molecule has 32 heavy (non-hydrogen) atoms. The molecule has 0 saturated carbocycles. The molecule has 3 nitrogen and oxygen atoms in total. The predicted molar refractivity (Wildman–Crippen MR) is 129 cm³/mol. The van der Waals surface area contributed by atoms with E-state index in [1.165, 1.54) is 23.3 Å². The summed E-state index contributed by atoms with van der Waals surface area (Å²) in [5.74, 6) is -0.249.